The molecule has 2 aliphatic heterocycles. The monoisotopic (exact) mass is 1120 g/mol. The van der Waals surface area contributed by atoms with E-state index >= 15 is 0 Å². The number of ether oxygens (including phenoxy) is 4. The van der Waals surface area contributed by atoms with Crippen LogP contribution in [0.25, 0.3) is 0 Å². The summed E-state index contributed by atoms with van der Waals surface area (Å²) in [5.41, 5.74) is 3.37. The summed E-state index contributed by atoms with van der Waals surface area (Å²) in [4.78, 5) is 13.8. The molecule has 442 valence electrons. The van der Waals surface area contributed by atoms with Gasteiger partial charge in [-0.1, -0.05) is 193 Å². The van der Waals surface area contributed by atoms with E-state index in [2.05, 4.69) is 194 Å². The van der Waals surface area contributed by atoms with E-state index in [9.17, 15) is 4.79 Å². The minimum Gasteiger partial charge on any atom is -0.497 e. The van der Waals surface area contributed by atoms with Gasteiger partial charge < -0.3 is 36.7 Å². The number of ketones is 1. The van der Waals surface area contributed by atoms with E-state index in [4.69, 9.17) is 36.7 Å². The highest BCUT2D eigenvalue weighted by Crippen LogP contribution is 2.57. The van der Waals surface area contributed by atoms with Crippen LogP contribution in [0.5, 0.6) is 5.75 Å². The van der Waals surface area contributed by atoms with Crippen molar-refractivity contribution in [3.8, 4) is 5.75 Å². The van der Waals surface area contributed by atoms with E-state index in [0.717, 1.165) is 49.0 Å². The third kappa shape index (κ3) is 18.5. The molecule has 1 aromatic carbocycles. The Morgan fingerprint density at radius 3 is 1.81 bits per heavy atom. The van der Waals surface area contributed by atoms with Crippen molar-refractivity contribution < 1.29 is 41.4 Å². The third-order valence-corrected chi connectivity index (χ3v) is 33.8. The quantitative estimate of drug-likeness (QED) is 0.0352. The molecule has 0 radical (unpaired) electrons. The molecule has 3 rings (SSSR count). The molecule has 0 saturated carbocycles. The van der Waals surface area contributed by atoms with Crippen LogP contribution in [0.4, 0.5) is 0 Å². The number of carbonyl (C=O) groups is 1. The van der Waals surface area contributed by atoms with Gasteiger partial charge in [-0.25, -0.2) is 0 Å². The van der Waals surface area contributed by atoms with Crippen molar-refractivity contribution in [1.29, 1.82) is 0 Å². The van der Waals surface area contributed by atoms with Gasteiger partial charge >= 0.3 is 8.56 Å². The molecule has 1 aromatic rings. The van der Waals surface area contributed by atoms with Gasteiger partial charge in [0.05, 0.1) is 44.2 Å². The lowest BCUT2D eigenvalue weighted by Gasteiger charge is -2.58. The van der Waals surface area contributed by atoms with Crippen molar-refractivity contribution in [3.63, 3.8) is 0 Å². The largest absolute Gasteiger partial charge is 0.497 e. The maximum Gasteiger partial charge on any atom is 0.349 e. The van der Waals surface area contributed by atoms with Crippen molar-refractivity contribution in [2.45, 2.75) is 266 Å². The summed E-state index contributed by atoms with van der Waals surface area (Å²) >= 11 is 0. The fourth-order valence-electron chi connectivity index (χ4n) is 12.3. The molecule has 2 heterocycles. The Labute approximate surface area is 476 Å². The van der Waals surface area contributed by atoms with E-state index in [1.54, 1.807) is 14.2 Å². The average molecular weight is 1130 g/mol. The maximum atomic E-state index is 13.8. The van der Waals surface area contributed by atoms with Gasteiger partial charge in [-0.2, -0.15) is 0 Å². The second-order valence-corrected chi connectivity index (χ2v) is 43.0. The molecule has 0 N–H and O–H groups in total. The van der Waals surface area contributed by atoms with Gasteiger partial charge in [-0.3, -0.25) is 4.79 Å². The highest BCUT2D eigenvalue weighted by atomic mass is 28.4. The number of benzene rings is 1. The van der Waals surface area contributed by atoms with E-state index in [1.165, 1.54) is 0 Å². The zero-order chi connectivity index (χ0) is 58.5. The highest BCUT2D eigenvalue weighted by molar-refractivity contribution is 6.77. The van der Waals surface area contributed by atoms with Crippen molar-refractivity contribution in [1.82, 2.24) is 0 Å². The molecule has 77 heavy (non-hydrogen) atoms. The first-order valence-corrected chi connectivity index (χ1v) is 36.8. The van der Waals surface area contributed by atoms with E-state index in [0.29, 0.717) is 42.2 Å². The zero-order valence-corrected chi connectivity index (χ0v) is 56.8. The molecule has 0 aliphatic carbocycles. The summed E-state index contributed by atoms with van der Waals surface area (Å²) in [5, 5.41) is -0.107. The molecule has 11 atom stereocenters. The van der Waals surface area contributed by atoms with Crippen LogP contribution in [0.15, 0.2) is 72.4 Å². The topological polar surface area (TPSA) is 90.9 Å². The lowest BCUT2D eigenvalue weighted by atomic mass is 9.83. The van der Waals surface area contributed by atoms with Gasteiger partial charge in [-0.15, -0.1) is 0 Å². The third-order valence-electron chi connectivity index (χ3n) is 18.0. The van der Waals surface area contributed by atoms with Crippen LogP contribution in [0.1, 0.15) is 196 Å². The van der Waals surface area contributed by atoms with Crippen LogP contribution in [0.3, 0.4) is 0 Å². The first-order valence-electron chi connectivity index (χ1n) is 29.9. The Hall–Kier alpha value is -1.98. The Balaban J connectivity index is 1.68. The predicted molar refractivity (Wildman–Crippen MR) is 331 cm³/mol. The summed E-state index contributed by atoms with van der Waals surface area (Å²) in [6.45, 7) is 54.1. The summed E-state index contributed by atoms with van der Waals surface area (Å²) in [6.07, 6.45) is 18.9. The number of methoxy groups -OCH3 is 2. The lowest BCUT2D eigenvalue weighted by Crippen LogP contribution is -2.67. The van der Waals surface area contributed by atoms with Gasteiger partial charge in [0, 0.05) is 53.5 Å². The standard InChI is InChI=1S/C65H116O9Si3/c1-45(2)76(46(3)4,47(5)6)70-44-51(10)61-53(12)59(73-77(74-61,64(16,17)18)65(19,20)21)33-30-31-56(68-23)43-48(7)34-35-49(8)57(66)41-36-50(9)60-52(11)58(71-62(72-60)54-37-39-55(67-22)40-38-54)32-28-26-27-29-42-69-75(24,25)63(13,14)15/h26-31,35,37-40,45-48,50-53,56,58-62H,32-34,36,41-44H2,1-25H3/b28-26+,29-27+,31-30+,49-35+/t48-,50-,51+,52-,53-,56+,58-,59+,60-,61+,62+/m1/s1. The summed E-state index contributed by atoms with van der Waals surface area (Å²) in [7, 11) is -3.20. The highest BCUT2D eigenvalue weighted by Gasteiger charge is 2.63. The van der Waals surface area contributed by atoms with E-state index < -0.39 is 31.5 Å². The molecule has 2 fully saturated rings. The van der Waals surface area contributed by atoms with Gasteiger partial charge in [0.15, 0.2) is 28.7 Å². The van der Waals surface area contributed by atoms with Crippen molar-refractivity contribution in [3.05, 3.63) is 77.9 Å². The fraction of sp³-hybridized carbons (Fsp3) is 0.769. The number of hydrogen-bond acceptors (Lipinski definition) is 9. The fourth-order valence-corrected chi connectivity index (χ4v) is 24.1. The Morgan fingerprint density at radius 2 is 1.27 bits per heavy atom. The zero-order valence-electron chi connectivity index (χ0n) is 53.8. The number of hydrogen-bond donors (Lipinski definition) is 0. The maximum absolute atomic E-state index is 13.8. The number of Topliss-reactive ketones (excluding diaryl/α,β-unsaturated/α-hetero) is 1. The SMILES string of the molecule is COc1ccc([C@@H]2O[C@H]([C@H](C)CCC(=O)/C(C)=C/C[C@@H](C)C[C@H](/C=C/C[C@@H]3O[Si](C(C)(C)C)(C(C)(C)C)O[C@@H]([C@@H](C)CO[Si](C(C)C)(C(C)C)C(C)C)[C@@H]3C)OC)[C@H](C)[C@@H](C/C=C/C=C/CO[Si](C)(C)C(C)(C)C)O2)cc1. The normalized spacial score (nSPS) is 25.1. The van der Waals surface area contributed by atoms with Gasteiger partial charge in [0.25, 0.3) is 0 Å². The minimum absolute atomic E-state index is 0.0140. The smallest absolute Gasteiger partial charge is 0.349 e. The molecule has 0 bridgehead atoms. The Kier molecular flexibility index (Phi) is 26.8. The van der Waals surface area contributed by atoms with E-state index in [1.807, 2.05) is 31.2 Å². The molecule has 2 aliphatic rings. The van der Waals surface area contributed by atoms with Gasteiger partial charge in [0.1, 0.15) is 5.75 Å². The summed E-state index contributed by atoms with van der Waals surface area (Å²) in [6, 6.07) is 7.93. The molecule has 2 saturated heterocycles. The Bertz CT molecular complexity index is 2000. The van der Waals surface area contributed by atoms with Crippen LogP contribution in [0, 0.1) is 29.6 Å². The van der Waals surface area contributed by atoms with Gasteiger partial charge in [-0.05, 0) is 103 Å². The van der Waals surface area contributed by atoms with Crippen LogP contribution in [-0.4, -0.2) is 88.9 Å². The molecule has 9 nitrogen and oxygen atoms in total. The lowest BCUT2D eigenvalue weighted by molar-refractivity contribution is -0.280. The number of carbonyl (C=O) groups excluding carboxylic acids is 1. The molecule has 0 amide bonds. The second kappa shape index (κ2) is 29.8. The van der Waals surface area contributed by atoms with Crippen LogP contribution in [0.2, 0.25) is 44.8 Å². The number of allylic oxidation sites excluding steroid dienone is 4. The first kappa shape index (κ1) is 69.3. The first-order chi connectivity index (χ1) is 35.6. The molecular formula is C65H116O9Si3. The van der Waals surface area contributed by atoms with Crippen LogP contribution < -0.4 is 4.74 Å². The average Bonchev–Trinajstić information content (AvgIpc) is 3.33. The molecular weight excluding hydrogens is 1010 g/mol. The Morgan fingerprint density at radius 1 is 0.714 bits per heavy atom. The van der Waals surface area contributed by atoms with Crippen molar-refractivity contribution >= 4 is 31.0 Å². The molecule has 12 heteroatoms. The molecule has 0 spiro atoms. The van der Waals surface area contributed by atoms with Crippen LogP contribution in [-0.2, 0) is 36.7 Å². The molecule has 0 unspecified atom stereocenters. The summed E-state index contributed by atoms with van der Waals surface area (Å²) in [5.74, 6) is 1.97. The minimum atomic E-state index is -2.83. The second-order valence-electron chi connectivity index (χ2n) is 28.1. The molecule has 0 aromatic heterocycles. The van der Waals surface area contributed by atoms with E-state index in [-0.39, 0.29) is 75.1 Å². The summed E-state index contributed by atoms with van der Waals surface area (Å²) < 4.78 is 53.4. The predicted octanol–water partition coefficient (Wildman–Crippen LogP) is 18.2. The van der Waals surface area contributed by atoms with Gasteiger partial charge in [0.2, 0.25) is 0 Å². The van der Waals surface area contributed by atoms with Crippen molar-refractivity contribution in [2.24, 2.45) is 29.6 Å². The van der Waals surface area contributed by atoms with Crippen molar-refractivity contribution in [2.75, 3.05) is 27.4 Å². The van der Waals surface area contributed by atoms with Crippen LogP contribution >= 0.6 is 0 Å². The number of rotatable bonds is 28.